The number of aromatic nitrogens is 4. The molecule has 0 bridgehead atoms. The molecule has 108 valence electrons. The lowest BCUT2D eigenvalue weighted by Crippen LogP contribution is -2.15. The molecule has 1 aromatic carbocycles. The van der Waals surface area contributed by atoms with Crippen molar-refractivity contribution in [1.82, 2.24) is 19.6 Å². The Bertz CT molecular complexity index is 839. The van der Waals surface area contributed by atoms with Crippen LogP contribution in [-0.2, 0) is 13.0 Å². The number of nitrogens with one attached hydrogen (secondary N) is 2. The number of rotatable bonds is 4. The Kier molecular flexibility index (Phi) is 3.62. The third-order valence-corrected chi connectivity index (χ3v) is 3.52. The Morgan fingerprint density at radius 1 is 1.33 bits per heavy atom. The summed E-state index contributed by atoms with van der Waals surface area (Å²) in [6.07, 6.45) is 0.695. The van der Waals surface area contributed by atoms with Gasteiger partial charge >= 0.3 is 0 Å². The molecular weight excluding hydrogens is 290 g/mol. The van der Waals surface area contributed by atoms with Gasteiger partial charge in [-0.05, 0) is 18.1 Å². The second-order valence-electron chi connectivity index (χ2n) is 4.59. The molecule has 0 fully saturated rings. The van der Waals surface area contributed by atoms with Crippen LogP contribution in [0.3, 0.4) is 0 Å². The normalized spacial score (nSPS) is 11.0. The molecule has 7 heteroatoms. The number of fused-ring (bicyclic) bond motifs is 1. The van der Waals surface area contributed by atoms with E-state index in [2.05, 4.69) is 20.4 Å². The summed E-state index contributed by atoms with van der Waals surface area (Å²) in [7, 11) is 0. The van der Waals surface area contributed by atoms with Gasteiger partial charge in [0.15, 0.2) is 0 Å². The molecule has 3 rings (SSSR count). The first-order valence-electron chi connectivity index (χ1n) is 6.63. The van der Waals surface area contributed by atoms with Gasteiger partial charge in [-0.25, -0.2) is 4.98 Å². The number of aryl methyl sites for hydroxylation is 1. The number of H-pyrrole nitrogens is 1. The van der Waals surface area contributed by atoms with Crippen LogP contribution in [-0.4, -0.2) is 19.6 Å². The molecule has 0 spiro atoms. The quantitative estimate of drug-likeness (QED) is 0.775. The molecule has 0 radical (unpaired) electrons. The monoisotopic (exact) mass is 303 g/mol. The molecule has 2 aromatic heterocycles. The molecule has 0 aliphatic rings. The maximum absolute atomic E-state index is 11.9. The van der Waals surface area contributed by atoms with Crippen LogP contribution in [0.4, 0.5) is 5.95 Å². The van der Waals surface area contributed by atoms with Crippen molar-refractivity contribution in [3.05, 3.63) is 57.0 Å². The van der Waals surface area contributed by atoms with Gasteiger partial charge in [0.25, 0.3) is 11.3 Å². The molecule has 0 amide bonds. The van der Waals surface area contributed by atoms with Crippen molar-refractivity contribution in [2.75, 3.05) is 5.32 Å². The second-order valence-corrected chi connectivity index (χ2v) is 5.00. The Morgan fingerprint density at radius 2 is 2.14 bits per heavy atom. The van der Waals surface area contributed by atoms with E-state index in [-0.39, 0.29) is 5.56 Å². The van der Waals surface area contributed by atoms with Crippen molar-refractivity contribution in [3.63, 3.8) is 0 Å². The summed E-state index contributed by atoms with van der Waals surface area (Å²) in [5.74, 6) is 0.841. The van der Waals surface area contributed by atoms with Crippen LogP contribution in [0.25, 0.3) is 5.78 Å². The van der Waals surface area contributed by atoms with E-state index in [1.165, 1.54) is 10.6 Å². The summed E-state index contributed by atoms with van der Waals surface area (Å²) in [4.78, 5) is 20.5. The minimum atomic E-state index is -0.171. The van der Waals surface area contributed by atoms with Crippen molar-refractivity contribution in [2.45, 2.75) is 19.9 Å². The topological polar surface area (TPSA) is 75.1 Å². The first-order chi connectivity index (χ1) is 10.2. The Morgan fingerprint density at radius 3 is 2.90 bits per heavy atom. The average molecular weight is 304 g/mol. The van der Waals surface area contributed by atoms with Crippen LogP contribution in [0.2, 0.25) is 5.02 Å². The van der Waals surface area contributed by atoms with Crippen molar-refractivity contribution < 1.29 is 0 Å². The molecule has 21 heavy (non-hydrogen) atoms. The van der Waals surface area contributed by atoms with E-state index in [1.807, 2.05) is 31.2 Å². The van der Waals surface area contributed by atoms with E-state index in [4.69, 9.17) is 11.6 Å². The van der Waals surface area contributed by atoms with Crippen molar-refractivity contribution >= 4 is 23.3 Å². The highest BCUT2D eigenvalue weighted by molar-refractivity contribution is 6.31. The maximum Gasteiger partial charge on any atom is 0.274 e. The summed E-state index contributed by atoms with van der Waals surface area (Å²) >= 11 is 6.10. The number of benzene rings is 1. The zero-order valence-electron chi connectivity index (χ0n) is 11.4. The predicted octanol–water partition coefficient (Wildman–Crippen LogP) is 2.25. The second kappa shape index (κ2) is 5.57. The van der Waals surface area contributed by atoms with Gasteiger partial charge in [0.05, 0.1) is 0 Å². The lowest BCUT2D eigenvalue weighted by atomic mass is 10.2. The zero-order chi connectivity index (χ0) is 14.8. The van der Waals surface area contributed by atoms with Gasteiger partial charge in [0.2, 0.25) is 5.95 Å². The van der Waals surface area contributed by atoms with Crippen LogP contribution < -0.4 is 10.9 Å². The molecule has 0 atom stereocenters. The molecular formula is C14H14ClN5O. The highest BCUT2D eigenvalue weighted by Crippen LogP contribution is 2.15. The summed E-state index contributed by atoms with van der Waals surface area (Å²) in [5.41, 5.74) is 1.51. The molecule has 0 saturated carbocycles. The third-order valence-electron chi connectivity index (χ3n) is 3.15. The fraction of sp³-hybridized carbons (Fsp3) is 0.214. The van der Waals surface area contributed by atoms with Crippen molar-refractivity contribution in [2.24, 2.45) is 0 Å². The predicted molar refractivity (Wildman–Crippen MR) is 81.8 cm³/mol. The van der Waals surface area contributed by atoms with Crippen LogP contribution in [0.1, 0.15) is 18.2 Å². The fourth-order valence-corrected chi connectivity index (χ4v) is 2.21. The largest absolute Gasteiger partial charge is 0.350 e. The van der Waals surface area contributed by atoms with E-state index < -0.39 is 0 Å². The summed E-state index contributed by atoms with van der Waals surface area (Å²) < 4.78 is 1.31. The lowest BCUT2D eigenvalue weighted by Gasteiger charge is -2.04. The Hall–Kier alpha value is -2.34. The number of nitrogens with zero attached hydrogens (tertiary/aromatic N) is 3. The van der Waals surface area contributed by atoms with Crippen LogP contribution in [0, 0.1) is 0 Å². The standard InChI is InChI=1S/C14H14ClN5O/c1-2-10-7-12(21)20-14(17-10)18-13(19-20)16-8-9-5-3-4-6-11(9)15/h3-7H,2,8H2,1H3,(H2,16,17,18,19). The number of hydrogen-bond donors (Lipinski definition) is 2. The Balaban J connectivity index is 1.87. The molecule has 3 aromatic rings. The van der Waals surface area contributed by atoms with E-state index in [0.29, 0.717) is 29.7 Å². The van der Waals surface area contributed by atoms with Gasteiger partial charge < -0.3 is 5.32 Å². The van der Waals surface area contributed by atoms with Crippen molar-refractivity contribution in [3.8, 4) is 0 Å². The first kappa shape index (κ1) is 13.6. The van der Waals surface area contributed by atoms with E-state index in [9.17, 15) is 4.79 Å². The molecule has 0 saturated heterocycles. The maximum atomic E-state index is 11.9. The molecule has 2 heterocycles. The smallest absolute Gasteiger partial charge is 0.274 e. The number of aromatic amines is 1. The molecule has 2 N–H and O–H groups in total. The lowest BCUT2D eigenvalue weighted by molar-refractivity contribution is 0.873. The zero-order valence-corrected chi connectivity index (χ0v) is 12.2. The van der Waals surface area contributed by atoms with Gasteiger partial charge in [-0.15, -0.1) is 0 Å². The number of hydrogen-bond acceptors (Lipinski definition) is 4. The SMILES string of the molecule is CCc1cc(=O)n2[nH]c(NCc3ccccc3Cl)nc2n1. The third kappa shape index (κ3) is 2.75. The summed E-state index contributed by atoms with van der Waals surface area (Å²) in [6, 6.07) is 9.06. The van der Waals surface area contributed by atoms with E-state index in [0.717, 1.165) is 11.3 Å². The Labute approximate surface area is 125 Å². The highest BCUT2D eigenvalue weighted by Gasteiger charge is 2.07. The fourth-order valence-electron chi connectivity index (χ4n) is 2.01. The molecule has 6 nitrogen and oxygen atoms in total. The first-order valence-corrected chi connectivity index (χ1v) is 7.01. The minimum absolute atomic E-state index is 0.171. The van der Waals surface area contributed by atoms with Crippen LogP contribution >= 0.6 is 11.6 Å². The summed E-state index contributed by atoms with van der Waals surface area (Å²) in [6.45, 7) is 2.45. The molecule has 0 aliphatic heterocycles. The number of anilines is 1. The van der Waals surface area contributed by atoms with Gasteiger partial charge in [-0.1, -0.05) is 36.7 Å². The van der Waals surface area contributed by atoms with Crippen molar-refractivity contribution in [1.29, 1.82) is 0 Å². The highest BCUT2D eigenvalue weighted by atomic mass is 35.5. The molecule has 0 aliphatic carbocycles. The van der Waals surface area contributed by atoms with E-state index >= 15 is 0 Å². The summed E-state index contributed by atoms with van der Waals surface area (Å²) in [5, 5.41) is 6.67. The average Bonchev–Trinajstić information content (AvgIpc) is 2.90. The van der Waals surface area contributed by atoms with Gasteiger partial charge in [0.1, 0.15) is 0 Å². The molecule has 0 unspecified atom stereocenters. The minimum Gasteiger partial charge on any atom is -0.350 e. The van der Waals surface area contributed by atoms with Gasteiger partial charge in [-0.3, -0.25) is 9.89 Å². The van der Waals surface area contributed by atoms with E-state index in [1.54, 1.807) is 0 Å². The van der Waals surface area contributed by atoms with Crippen LogP contribution in [0.15, 0.2) is 35.1 Å². The van der Waals surface area contributed by atoms with Gasteiger partial charge in [0, 0.05) is 23.3 Å². The number of halogens is 1. The van der Waals surface area contributed by atoms with Gasteiger partial charge in [-0.2, -0.15) is 9.50 Å². The van der Waals surface area contributed by atoms with Crippen LogP contribution in [0.5, 0.6) is 0 Å².